The fourth-order valence-electron chi connectivity index (χ4n) is 2.01. The van der Waals surface area contributed by atoms with Crippen molar-refractivity contribution in [3.05, 3.63) is 58.6 Å². The van der Waals surface area contributed by atoms with Gasteiger partial charge in [-0.25, -0.2) is 14.2 Å². The molecule has 0 bridgehead atoms. The molecule has 0 spiro atoms. The first kappa shape index (κ1) is 12.8. The summed E-state index contributed by atoms with van der Waals surface area (Å²) in [6.45, 7) is 0. The van der Waals surface area contributed by atoms with Gasteiger partial charge in [-0.15, -0.1) is 0 Å². The van der Waals surface area contributed by atoms with Crippen molar-refractivity contribution in [1.82, 2.24) is 9.38 Å². The van der Waals surface area contributed by atoms with Crippen LogP contribution in [-0.4, -0.2) is 20.5 Å². The molecule has 0 atom stereocenters. The van der Waals surface area contributed by atoms with E-state index in [2.05, 4.69) is 20.9 Å². The topological polar surface area (TPSA) is 54.6 Å². The summed E-state index contributed by atoms with van der Waals surface area (Å²) in [6, 6.07) is 9.08. The number of fused-ring (bicyclic) bond motifs is 1. The van der Waals surface area contributed by atoms with Crippen LogP contribution in [0.15, 0.2) is 47.2 Å². The molecule has 1 N–H and O–H groups in total. The minimum atomic E-state index is -1.01. The number of pyridine rings is 1. The number of halogens is 2. The first-order valence-electron chi connectivity index (χ1n) is 5.73. The van der Waals surface area contributed by atoms with E-state index in [9.17, 15) is 9.18 Å². The van der Waals surface area contributed by atoms with Crippen molar-refractivity contribution in [2.75, 3.05) is 0 Å². The SMILES string of the molecule is O=C(O)c1ccn2c(-c3cccc(F)c3)nc(Br)c2c1. The van der Waals surface area contributed by atoms with Crippen molar-refractivity contribution >= 4 is 27.4 Å². The lowest BCUT2D eigenvalue weighted by Crippen LogP contribution is -1.98. The molecule has 0 amide bonds. The van der Waals surface area contributed by atoms with Gasteiger partial charge in [-0.3, -0.25) is 4.40 Å². The van der Waals surface area contributed by atoms with Gasteiger partial charge in [-0.05, 0) is 40.2 Å². The highest BCUT2D eigenvalue weighted by Gasteiger charge is 2.13. The molecule has 100 valence electrons. The lowest BCUT2D eigenvalue weighted by atomic mass is 10.2. The van der Waals surface area contributed by atoms with Gasteiger partial charge >= 0.3 is 5.97 Å². The molecule has 0 radical (unpaired) electrons. The second kappa shape index (κ2) is 4.72. The van der Waals surface area contributed by atoms with Gasteiger partial charge in [0.25, 0.3) is 0 Å². The van der Waals surface area contributed by atoms with Crippen LogP contribution in [0.1, 0.15) is 10.4 Å². The van der Waals surface area contributed by atoms with Gasteiger partial charge in [0, 0.05) is 11.8 Å². The molecule has 0 aliphatic carbocycles. The molecule has 0 saturated carbocycles. The van der Waals surface area contributed by atoms with Crippen LogP contribution in [0.4, 0.5) is 4.39 Å². The van der Waals surface area contributed by atoms with E-state index in [0.29, 0.717) is 21.5 Å². The molecule has 0 aliphatic rings. The van der Waals surface area contributed by atoms with E-state index in [4.69, 9.17) is 5.11 Å². The fourth-order valence-corrected chi connectivity index (χ4v) is 2.49. The monoisotopic (exact) mass is 334 g/mol. The number of carbonyl (C=O) groups is 1. The zero-order chi connectivity index (χ0) is 14.3. The summed E-state index contributed by atoms with van der Waals surface area (Å²) >= 11 is 3.30. The number of aromatic carboxylic acids is 1. The Morgan fingerprint density at radius 2 is 2.10 bits per heavy atom. The standard InChI is InChI=1S/C14H8BrFN2O2/c15-12-11-7-9(14(19)20)4-5-18(11)13(17-12)8-2-1-3-10(16)6-8/h1-7H,(H,19,20). The smallest absolute Gasteiger partial charge is 0.335 e. The Balaban J connectivity index is 2.25. The third-order valence-electron chi connectivity index (χ3n) is 2.93. The zero-order valence-corrected chi connectivity index (χ0v) is 11.6. The Morgan fingerprint density at radius 1 is 1.30 bits per heavy atom. The van der Waals surface area contributed by atoms with Gasteiger partial charge in [0.05, 0.1) is 11.1 Å². The van der Waals surface area contributed by atoms with Gasteiger partial charge in [-0.1, -0.05) is 12.1 Å². The third-order valence-corrected chi connectivity index (χ3v) is 3.51. The highest BCUT2D eigenvalue weighted by Crippen LogP contribution is 2.27. The van der Waals surface area contributed by atoms with E-state index in [1.807, 2.05) is 0 Å². The summed E-state index contributed by atoms with van der Waals surface area (Å²) in [5.41, 5.74) is 1.40. The van der Waals surface area contributed by atoms with E-state index in [-0.39, 0.29) is 11.4 Å². The van der Waals surface area contributed by atoms with Crippen LogP contribution in [-0.2, 0) is 0 Å². The average Bonchev–Trinajstić information content (AvgIpc) is 2.76. The largest absolute Gasteiger partial charge is 0.478 e. The third kappa shape index (κ3) is 2.08. The molecule has 3 aromatic rings. The number of aromatic nitrogens is 2. The van der Waals surface area contributed by atoms with E-state index >= 15 is 0 Å². The number of nitrogens with zero attached hydrogens (tertiary/aromatic N) is 2. The minimum absolute atomic E-state index is 0.170. The number of carboxylic acid groups (broad SMARTS) is 1. The van der Waals surface area contributed by atoms with Gasteiger partial charge in [0.15, 0.2) is 0 Å². The minimum Gasteiger partial charge on any atom is -0.478 e. The molecule has 2 aromatic heterocycles. The quantitative estimate of drug-likeness (QED) is 0.779. The second-order valence-corrected chi connectivity index (χ2v) is 4.96. The van der Waals surface area contributed by atoms with Crippen molar-refractivity contribution in [1.29, 1.82) is 0 Å². The summed E-state index contributed by atoms with van der Waals surface area (Å²) in [6.07, 6.45) is 1.61. The molecule has 4 nitrogen and oxygen atoms in total. The van der Waals surface area contributed by atoms with E-state index in [1.54, 1.807) is 22.7 Å². The molecule has 0 unspecified atom stereocenters. The maximum Gasteiger partial charge on any atom is 0.335 e. The Morgan fingerprint density at radius 3 is 2.80 bits per heavy atom. The van der Waals surface area contributed by atoms with Crippen LogP contribution in [0.25, 0.3) is 16.9 Å². The molecular weight excluding hydrogens is 327 g/mol. The lowest BCUT2D eigenvalue weighted by Gasteiger charge is -2.02. The molecular formula is C14H8BrFN2O2. The van der Waals surface area contributed by atoms with Crippen molar-refractivity contribution in [3.63, 3.8) is 0 Å². The van der Waals surface area contributed by atoms with Crippen molar-refractivity contribution < 1.29 is 14.3 Å². The molecule has 3 rings (SSSR count). The highest BCUT2D eigenvalue weighted by molar-refractivity contribution is 9.10. The maximum absolute atomic E-state index is 13.3. The van der Waals surface area contributed by atoms with Crippen LogP contribution in [0.3, 0.4) is 0 Å². The predicted molar refractivity (Wildman–Crippen MR) is 75.2 cm³/mol. The van der Waals surface area contributed by atoms with Crippen molar-refractivity contribution in [3.8, 4) is 11.4 Å². The van der Waals surface area contributed by atoms with Gasteiger partial charge in [-0.2, -0.15) is 0 Å². The number of rotatable bonds is 2. The number of hydrogen-bond donors (Lipinski definition) is 1. The first-order valence-corrected chi connectivity index (χ1v) is 6.52. The molecule has 0 fully saturated rings. The average molecular weight is 335 g/mol. The zero-order valence-electron chi connectivity index (χ0n) is 10.0. The van der Waals surface area contributed by atoms with Crippen LogP contribution < -0.4 is 0 Å². The van der Waals surface area contributed by atoms with E-state index < -0.39 is 5.97 Å². The maximum atomic E-state index is 13.3. The Labute approximate surface area is 121 Å². The summed E-state index contributed by atoms with van der Waals surface area (Å²) < 4.78 is 15.5. The Kier molecular flexibility index (Phi) is 3.02. The Hall–Kier alpha value is -2.21. The summed E-state index contributed by atoms with van der Waals surface area (Å²) in [7, 11) is 0. The van der Waals surface area contributed by atoms with Gasteiger partial charge in [0.2, 0.25) is 0 Å². The number of benzene rings is 1. The fraction of sp³-hybridized carbons (Fsp3) is 0. The molecule has 20 heavy (non-hydrogen) atoms. The first-order chi connectivity index (χ1) is 9.56. The molecule has 0 aliphatic heterocycles. The molecule has 6 heteroatoms. The van der Waals surface area contributed by atoms with Crippen molar-refractivity contribution in [2.24, 2.45) is 0 Å². The van der Waals surface area contributed by atoms with Crippen LogP contribution in [0.2, 0.25) is 0 Å². The number of imidazole rings is 1. The van der Waals surface area contributed by atoms with E-state index in [1.165, 1.54) is 24.3 Å². The van der Waals surface area contributed by atoms with Crippen LogP contribution >= 0.6 is 15.9 Å². The predicted octanol–water partition coefficient (Wildman–Crippen LogP) is 3.60. The van der Waals surface area contributed by atoms with E-state index in [0.717, 1.165) is 0 Å². The van der Waals surface area contributed by atoms with Gasteiger partial charge in [0.1, 0.15) is 16.2 Å². The number of carboxylic acids is 1. The summed E-state index contributed by atoms with van der Waals surface area (Å²) in [4.78, 5) is 15.3. The Bertz CT molecular complexity index is 829. The van der Waals surface area contributed by atoms with Crippen LogP contribution in [0.5, 0.6) is 0 Å². The normalized spacial score (nSPS) is 10.9. The molecule has 2 heterocycles. The summed E-state index contributed by atoms with van der Waals surface area (Å²) in [5.74, 6) is -0.811. The van der Waals surface area contributed by atoms with Crippen molar-refractivity contribution in [2.45, 2.75) is 0 Å². The lowest BCUT2D eigenvalue weighted by molar-refractivity contribution is 0.0697. The second-order valence-electron chi connectivity index (χ2n) is 4.21. The van der Waals surface area contributed by atoms with Gasteiger partial charge < -0.3 is 5.11 Å². The molecule has 0 saturated heterocycles. The summed E-state index contributed by atoms with van der Waals surface area (Å²) in [5, 5.41) is 9.00. The highest BCUT2D eigenvalue weighted by atomic mass is 79.9. The van der Waals surface area contributed by atoms with Crippen LogP contribution in [0, 0.1) is 5.82 Å². The number of hydrogen-bond acceptors (Lipinski definition) is 2. The molecule has 1 aromatic carbocycles.